The van der Waals surface area contributed by atoms with Gasteiger partial charge < -0.3 is 4.74 Å². The van der Waals surface area contributed by atoms with Crippen molar-refractivity contribution in [1.29, 1.82) is 0 Å². The predicted molar refractivity (Wildman–Crippen MR) is 90.3 cm³/mol. The zero-order valence-corrected chi connectivity index (χ0v) is 15.2. The number of alkyl halides is 2. The third-order valence-corrected chi connectivity index (χ3v) is 8.12. The van der Waals surface area contributed by atoms with Gasteiger partial charge in [0.25, 0.3) is 0 Å². The van der Waals surface area contributed by atoms with Gasteiger partial charge in [-0.15, -0.1) is 0 Å². The Balaban J connectivity index is 1.78. The topological polar surface area (TPSA) is 9.23 Å². The summed E-state index contributed by atoms with van der Waals surface area (Å²) in [4.78, 5) is 0. The lowest BCUT2D eigenvalue weighted by molar-refractivity contribution is -0.0570. The first-order valence-electron chi connectivity index (χ1n) is 7.00. The molecule has 2 aliphatic carbocycles. The standard InChI is InChI=1S/C14H24I2O/c1-9-7-11(3-5-13(9)15)17-12-4-6-14(16)10(2)8-12/h9-14H,3-8H2,1-2H3. The summed E-state index contributed by atoms with van der Waals surface area (Å²) >= 11 is 5.23. The van der Waals surface area contributed by atoms with Gasteiger partial charge in [0.2, 0.25) is 0 Å². The van der Waals surface area contributed by atoms with Gasteiger partial charge in [0.15, 0.2) is 0 Å². The second kappa shape index (κ2) is 6.73. The molecule has 0 amide bonds. The number of halogens is 2. The maximum atomic E-state index is 6.36. The highest BCUT2D eigenvalue weighted by Crippen LogP contribution is 2.36. The molecule has 2 rings (SSSR count). The largest absolute Gasteiger partial charge is 0.375 e. The molecule has 0 bridgehead atoms. The van der Waals surface area contributed by atoms with Crippen LogP contribution in [0.25, 0.3) is 0 Å². The van der Waals surface area contributed by atoms with Crippen LogP contribution in [0.15, 0.2) is 0 Å². The lowest BCUT2D eigenvalue weighted by Crippen LogP contribution is -2.35. The lowest BCUT2D eigenvalue weighted by atomic mass is 9.86. The lowest BCUT2D eigenvalue weighted by Gasteiger charge is -2.37. The highest BCUT2D eigenvalue weighted by molar-refractivity contribution is 14.1. The highest BCUT2D eigenvalue weighted by atomic mass is 127. The molecule has 0 heterocycles. The maximum Gasteiger partial charge on any atom is 0.0582 e. The molecule has 0 N–H and O–H groups in total. The van der Waals surface area contributed by atoms with Crippen LogP contribution >= 0.6 is 45.2 Å². The van der Waals surface area contributed by atoms with Gasteiger partial charge in [-0.05, 0) is 50.4 Å². The summed E-state index contributed by atoms with van der Waals surface area (Å²) in [5, 5.41) is 0. The van der Waals surface area contributed by atoms with Gasteiger partial charge in [0.1, 0.15) is 0 Å². The summed E-state index contributed by atoms with van der Waals surface area (Å²) in [6.07, 6.45) is 8.95. The van der Waals surface area contributed by atoms with Crippen molar-refractivity contribution in [3.63, 3.8) is 0 Å². The fraction of sp³-hybridized carbons (Fsp3) is 1.00. The van der Waals surface area contributed by atoms with Crippen LogP contribution in [-0.2, 0) is 4.74 Å². The molecule has 100 valence electrons. The Kier molecular flexibility index (Phi) is 5.87. The molecule has 0 radical (unpaired) electrons. The monoisotopic (exact) mass is 462 g/mol. The predicted octanol–water partition coefficient (Wildman–Crippen LogP) is 4.99. The molecule has 2 saturated carbocycles. The highest BCUT2D eigenvalue weighted by Gasteiger charge is 2.31. The number of ether oxygens (including phenoxy) is 1. The smallest absolute Gasteiger partial charge is 0.0582 e. The molecule has 2 fully saturated rings. The molecule has 1 nitrogen and oxygen atoms in total. The molecular formula is C14H24I2O. The molecule has 6 unspecified atom stereocenters. The molecule has 0 aliphatic heterocycles. The van der Waals surface area contributed by atoms with Gasteiger partial charge >= 0.3 is 0 Å². The first kappa shape index (κ1) is 14.8. The zero-order chi connectivity index (χ0) is 12.4. The average molecular weight is 462 g/mol. The van der Waals surface area contributed by atoms with Crippen molar-refractivity contribution in [1.82, 2.24) is 0 Å². The molecule has 2 aliphatic rings. The third kappa shape index (κ3) is 4.20. The Bertz CT molecular complexity index is 222. The fourth-order valence-electron chi connectivity index (χ4n) is 3.14. The number of hydrogen-bond donors (Lipinski definition) is 0. The number of rotatable bonds is 2. The van der Waals surface area contributed by atoms with E-state index in [4.69, 9.17) is 4.74 Å². The summed E-state index contributed by atoms with van der Waals surface area (Å²) in [6, 6.07) is 0. The molecule has 17 heavy (non-hydrogen) atoms. The van der Waals surface area contributed by atoms with Gasteiger partial charge in [0.05, 0.1) is 12.2 Å². The van der Waals surface area contributed by atoms with E-state index in [1.165, 1.54) is 38.5 Å². The van der Waals surface area contributed by atoms with Gasteiger partial charge in [-0.3, -0.25) is 0 Å². The van der Waals surface area contributed by atoms with E-state index in [0.29, 0.717) is 12.2 Å². The first-order valence-corrected chi connectivity index (χ1v) is 9.49. The van der Waals surface area contributed by atoms with Crippen LogP contribution in [0.4, 0.5) is 0 Å². The first-order chi connectivity index (χ1) is 8.06. The van der Waals surface area contributed by atoms with Crippen LogP contribution in [0, 0.1) is 11.8 Å². The molecule has 6 atom stereocenters. The van der Waals surface area contributed by atoms with Crippen LogP contribution in [0.5, 0.6) is 0 Å². The average Bonchev–Trinajstić information content (AvgIpc) is 2.29. The van der Waals surface area contributed by atoms with Gasteiger partial charge in [-0.25, -0.2) is 0 Å². The minimum absolute atomic E-state index is 0.555. The Morgan fingerprint density at radius 1 is 0.765 bits per heavy atom. The van der Waals surface area contributed by atoms with Gasteiger partial charge in [0, 0.05) is 7.85 Å². The van der Waals surface area contributed by atoms with Crippen molar-refractivity contribution in [2.75, 3.05) is 0 Å². The van der Waals surface area contributed by atoms with Crippen molar-refractivity contribution >= 4 is 45.2 Å². The minimum atomic E-state index is 0.555. The van der Waals surface area contributed by atoms with Crippen LogP contribution in [0.1, 0.15) is 52.4 Å². The van der Waals surface area contributed by atoms with E-state index in [9.17, 15) is 0 Å². The van der Waals surface area contributed by atoms with E-state index >= 15 is 0 Å². The quantitative estimate of drug-likeness (QED) is 0.416. The van der Waals surface area contributed by atoms with E-state index < -0.39 is 0 Å². The third-order valence-electron chi connectivity index (χ3n) is 4.42. The van der Waals surface area contributed by atoms with E-state index in [1.54, 1.807) is 0 Å². The molecular weight excluding hydrogens is 438 g/mol. The minimum Gasteiger partial charge on any atom is -0.375 e. The zero-order valence-electron chi connectivity index (χ0n) is 10.9. The fourth-order valence-corrected chi connectivity index (χ4v) is 4.45. The van der Waals surface area contributed by atoms with Crippen molar-refractivity contribution in [3.05, 3.63) is 0 Å². The van der Waals surface area contributed by atoms with E-state index in [1.807, 2.05) is 0 Å². The van der Waals surface area contributed by atoms with Crippen LogP contribution in [0.2, 0.25) is 0 Å². The molecule has 3 heteroatoms. The Morgan fingerprint density at radius 3 is 1.53 bits per heavy atom. The van der Waals surface area contributed by atoms with Crippen molar-refractivity contribution in [2.45, 2.75) is 72.4 Å². The molecule has 0 saturated heterocycles. The maximum absolute atomic E-state index is 6.36. The molecule has 0 aromatic carbocycles. The molecule has 0 aromatic rings. The molecule has 0 aromatic heterocycles. The summed E-state index contributed by atoms with van der Waals surface area (Å²) in [6.45, 7) is 4.77. The van der Waals surface area contributed by atoms with Crippen LogP contribution < -0.4 is 0 Å². The van der Waals surface area contributed by atoms with E-state index in [0.717, 1.165) is 19.7 Å². The van der Waals surface area contributed by atoms with E-state index in [2.05, 4.69) is 59.0 Å². The van der Waals surface area contributed by atoms with Crippen molar-refractivity contribution in [3.8, 4) is 0 Å². The Labute approximate surface area is 133 Å². The summed E-state index contributed by atoms with van der Waals surface area (Å²) in [5.74, 6) is 1.68. The second-order valence-corrected chi connectivity index (χ2v) is 9.19. The van der Waals surface area contributed by atoms with E-state index in [-0.39, 0.29) is 0 Å². The second-order valence-electron chi connectivity index (χ2n) is 5.99. The summed E-state index contributed by atoms with van der Waals surface area (Å²) < 4.78 is 8.11. The SMILES string of the molecule is CC1CC(OC2CCC(I)C(C)C2)CCC1I. The van der Waals surface area contributed by atoms with Crippen LogP contribution in [0.3, 0.4) is 0 Å². The van der Waals surface area contributed by atoms with Gasteiger partial charge in [-0.2, -0.15) is 0 Å². The van der Waals surface area contributed by atoms with Gasteiger partial charge in [-0.1, -0.05) is 59.0 Å². The molecule has 0 spiro atoms. The summed E-state index contributed by atoms with van der Waals surface area (Å²) in [7, 11) is 0. The van der Waals surface area contributed by atoms with Crippen LogP contribution in [-0.4, -0.2) is 20.1 Å². The summed E-state index contributed by atoms with van der Waals surface area (Å²) in [5.41, 5.74) is 0. The Hall–Kier alpha value is 1.42. The number of hydrogen-bond acceptors (Lipinski definition) is 1. The Morgan fingerprint density at radius 2 is 1.18 bits per heavy atom. The van der Waals surface area contributed by atoms with Crippen molar-refractivity contribution in [2.24, 2.45) is 11.8 Å². The van der Waals surface area contributed by atoms with Crippen molar-refractivity contribution < 1.29 is 4.74 Å². The normalized spacial score (nSPS) is 48.0.